The van der Waals surface area contributed by atoms with Gasteiger partial charge in [0.25, 0.3) is 0 Å². The maximum atomic E-state index is 14.4. The second kappa shape index (κ2) is 8.65. The van der Waals surface area contributed by atoms with Crippen LogP contribution in [-0.4, -0.2) is 48.7 Å². The highest BCUT2D eigenvalue weighted by Gasteiger charge is 2.58. The van der Waals surface area contributed by atoms with Gasteiger partial charge in [0, 0.05) is 28.7 Å². The first kappa shape index (κ1) is 23.1. The number of fused-ring (bicyclic) bond motifs is 4. The molecule has 1 saturated heterocycles. The molecule has 2 N–H and O–H groups in total. The molecule has 0 aliphatic carbocycles. The molecule has 2 atom stereocenters. The number of carbonyl (C=O) groups is 2. The van der Waals surface area contributed by atoms with Crippen LogP contribution in [0, 0.1) is 5.82 Å². The zero-order chi connectivity index (χ0) is 25.7. The number of nitrogens with one attached hydrogen (secondary N) is 2. The minimum atomic E-state index is -0.740. The maximum Gasteiger partial charge on any atom is 0.354 e. The van der Waals surface area contributed by atoms with Crippen molar-refractivity contribution in [3.05, 3.63) is 94.9 Å². The van der Waals surface area contributed by atoms with Gasteiger partial charge in [-0.05, 0) is 47.9 Å². The summed E-state index contributed by atoms with van der Waals surface area (Å²) in [4.78, 5) is 31.7. The van der Waals surface area contributed by atoms with E-state index >= 15 is 0 Å². The molecule has 2 unspecified atom stereocenters. The summed E-state index contributed by atoms with van der Waals surface area (Å²) in [5.74, 6) is -0.421. The van der Waals surface area contributed by atoms with E-state index in [4.69, 9.17) is 9.47 Å². The molecule has 6 rings (SSSR count). The monoisotopic (exact) mass is 499 g/mol. The van der Waals surface area contributed by atoms with E-state index in [9.17, 15) is 14.0 Å². The fourth-order valence-electron chi connectivity index (χ4n) is 6.04. The summed E-state index contributed by atoms with van der Waals surface area (Å²) in [5.41, 5.74) is 3.38. The van der Waals surface area contributed by atoms with Crippen molar-refractivity contribution in [1.82, 2.24) is 9.88 Å². The number of nitrogens with zero attached hydrogens (tertiary/aromatic N) is 1. The number of likely N-dealkylation sites (tertiary alicyclic amines) is 1. The molecule has 0 spiro atoms. The molecule has 2 aliphatic rings. The largest absolute Gasteiger partial charge is 0.497 e. The lowest BCUT2D eigenvalue weighted by atomic mass is 9.72. The molecule has 3 aromatic carbocycles. The Hall–Kier alpha value is -4.33. The van der Waals surface area contributed by atoms with Crippen LogP contribution in [0.4, 0.5) is 10.1 Å². The van der Waals surface area contributed by atoms with Crippen molar-refractivity contribution in [2.24, 2.45) is 0 Å². The van der Waals surface area contributed by atoms with Crippen LogP contribution in [0.5, 0.6) is 5.75 Å². The Morgan fingerprint density at radius 2 is 1.86 bits per heavy atom. The van der Waals surface area contributed by atoms with Crippen molar-refractivity contribution in [3.63, 3.8) is 0 Å². The highest BCUT2D eigenvalue weighted by molar-refractivity contribution is 6.01. The molecule has 2 aliphatic heterocycles. The number of hydrogen-bond donors (Lipinski definition) is 2. The normalized spacial score (nSPS) is 19.9. The van der Waals surface area contributed by atoms with E-state index in [0.717, 1.165) is 27.7 Å². The summed E-state index contributed by atoms with van der Waals surface area (Å²) in [5, 5.41) is 4.37. The average Bonchev–Trinajstić information content (AvgIpc) is 3.57. The average molecular weight is 500 g/mol. The van der Waals surface area contributed by atoms with Crippen LogP contribution >= 0.6 is 0 Å². The molecule has 1 fully saturated rings. The Kier molecular flexibility index (Phi) is 5.40. The highest BCUT2D eigenvalue weighted by atomic mass is 19.1. The Bertz CT molecular complexity index is 1550. The minimum Gasteiger partial charge on any atom is -0.497 e. The third-order valence-corrected chi connectivity index (χ3v) is 7.69. The number of esters is 1. The van der Waals surface area contributed by atoms with Crippen LogP contribution in [0.3, 0.4) is 0 Å². The van der Waals surface area contributed by atoms with Gasteiger partial charge in [-0.2, -0.15) is 0 Å². The zero-order valence-corrected chi connectivity index (χ0v) is 20.5. The van der Waals surface area contributed by atoms with Crippen molar-refractivity contribution in [1.29, 1.82) is 0 Å². The molecule has 1 aromatic heterocycles. The molecule has 7 nitrogen and oxygen atoms in total. The number of benzene rings is 3. The zero-order valence-electron chi connectivity index (χ0n) is 20.5. The predicted octanol–water partition coefficient (Wildman–Crippen LogP) is 4.61. The van der Waals surface area contributed by atoms with E-state index in [1.54, 1.807) is 30.2 Å². The fraction of sp³-hybridized carbons (Fsp3) is 0.241. The number of para-hydroxylation sites is 1. The van der Waals surface area contributed by atoms with Gasteiger partial charge in [0.2, 0.25) is 5.91 Å². The lowest BCUT2D eigenvalue weighted by Crippen LogP contribution is -2.47. The van der Waals surface area contributed by atoms with Crippen molar-refractivity contribution in [3.8, 4) is 5.75 Å². The van der Waals surface area contributed by atoms with Crippen molar-refractivity contribution in [2.75, 3.05) is 26.1 Å². The first-order chi connectivity index (χ1) is 18.0. The van der Waals surface area contributed by atoms with Crippen LogP contribution in [0.15, 0.2) is 66.7 Å². The van der Waals surface area contributed by atoms with E-state index in [1.807, 2.05) is 42.5 Å². The Labute approximate surface area is 213 Å². The molecule has 37 heavy (non-hydrogen) atoms. The number of aromatic amines is 1. The summed E-state index contributed by atoms with van der Waals surface area (Å²) >= 11 is 0. The smallest absolute Gasteiger partial charge is 0.354 e. The predicted molar refractivity (Wildman–Crippen MR) is 137 cm³/mol. The number of hydrogen-bond acceptors (Lipinski definition) is 5. The molecule has 1 amide bonds. The van der Waals surface area contributed by atoms with Gasteiger partial charge in [0.1, 0.15) is 23.4 Å². The summed E-state index contributed by atoms with van der Waals surface area (Å²) in [6.45, 7) is 0.441. The lowest BCUT2D eigenvalue weighted by Gasteiger charge is -2.33. The van der Waals surface area contributed by atoms with Gasteiger partial charge in [-0.25, -0.2) is 9.18 Å². The molecule has 8 heteroatoms. The SMILES string of the molecule is COC(=O)c1[nH]c2ccc(OC)cc2c1C12CCN(C(=O)Cc3ccccc3F)C1Nc1ccccc12. The first-order valence-corrected chi connectivity index (χ1v) is 12.2. The maximum absolute atomic E-state index is 14.4. The van der Waals surface area contributed by atoms with E-state index in [-0.39, 0.29) is 12.3 Å². The van der Waals surface area contributed by atoms with Gasteiger partial charge in [0.05, 0.1) is 26.1 Å². The van der Waals surface area contributed by atoms with Crippen LogP contribution < -0.4 is 10.1 Å². The number of aromatic nitrogens is 1. The van der Waals surface area contributed by atoms with Gasteiger partial charge in [-0.3, -0.25) is 4.79 Å². The third-order valence-electron chi connectivity index (χ3n) is 7.69. The van der Waals surface area contributed by atoms with E-state index in [2.05, 4.69) is 10.3 Å². The van der Waals surface area contributed by atoms with E-state index < -0.39 is 23.4 Å². The second-order valence-electron chi connectivity index (χ2n) is 9.45. The van der Waals surface area contributed by atoms with Gasteiger partial charge < -0.3 is 24.7 Å². The topological polar surface area (TPSA) is 83.7 Å². The van der Waals surface area contributed by atoms with Gasteiger partial charge in [0.15, 0.2) is 0 Å². The third kappa shape index (κ3) is 3.39. The van der Waals surface area contributed by atoms with Gasteiger partial charge in [-0.1, -0.05) is 36.4 Å². The number of carbonyl (C=O) groups excluding carboxylic acids is 2. The number of methoxy groups -OCH3 is 2. The van der Waals surface area contributed by atoms with Crippen LogP contribution in [0.2, 0.25) is 0 Å². The number of H-pyrrole nitrogens is 1. The fourth-order valence-corrected chi connectivity index (χ4v) is 6.04. The first-order valence-electron chi connectivity index (χ1n) is 12.2. The Balaban J connectivity index is 1.54. The van der Waals surface area contributed by atoms with Crippen LogP contribution in [0.1, 0.15) is 33.6 Å². The number of anilines is 1. The summed E-state index contributed by atoms with van der Waals surface area (Å²) < 4.78 is 25.1. The number of ether oxygens (including phenoxy) is 2. The van der Waals surface area contributed by atoms with Gasteiger partial charge in [-0.15, -0.1) is 0 Å². The summed E-state index contributed by atoms with van der Waals surface area (Å²) in [6, 6.07) is 19.9. The van der Waals surface area contributed by atoms with E-state index in [0.29, 0.717) is 30.0 Å². The molecule has 0 radical (unpaired) electrons. The van der Waals surface area contributed by atoms with E-state index in [1.165, 1.54) is 13.2 Å². The van der Waals surface area contributed by atoms with Crippen molar-refractivity contribution < 1.29 is 23.5 Å². The minimum absolute atomic E-state index is 0.0527. The highest BCUT2D eigenvalue weighted by Crippen LogP contribution is 2.55. The van der Waals surface area contributed by atoms with Crippen LogP contribution in [0.25, 0.3) is 10.9 Å². The number of halogens is 1. The second-order valence-corrected chi connectivity index (χ2v) is 9.45. The molecule has 3 heterocycles. The molecular formula is C29H26FN3O4. The van der Waals surface area contributed by atoms with Crippen molar-refractivity contribution >= 4 is 28.5 Å². The Morgan fingerprint density at radius 3 is 2.65 bits per heavy atom. The number of amides is 1. The molecule has 0 bridgehead atoms. The molecular weight excluding hydrogens is 473 g/mol. The summed E-state index contributed by atoms with van der Waals surface area (Å²) in [6.07, 6.45) is 0.0413. The standard InChI is InChI=1S/C29H26FN3O4/c1-36-18-11-12-22-19(16-18)25(26(31-22)27(35)37-2)29-13-14-33(24(34)15-17-7-3-5-9-21(17)30)28(29)32-23-10-6-4-8-20(23)29/h3-12,16,28,31-32H,13-15H2,1-2H3. The quantitative estimate of drug-likeness (QED) is 0.392. The lowest BCUT2D eigenvalue weighted by molar-refractivity contribution is -0.131. The molecule has 4 aromatic rings. The summed E-state index contributed by atoms with van der Waals surface area (Å²) in [7, 11) is 2.95. The van der Waals surface area contributed by atoms with Crippen molar-refractivity contribution in [2.45, 2.75) is 24.4 Å². The van der Waals surface area contributed by atoms with Crippen LogP contribution in [-0.2, 0) is 21.4 Å². The number of rotatable bonds is 5. The Morgan fingerprint density at radius 1 is 1.08 bits per heavy atom. The van der Waals surface area contributed by atoms with Gasteiger partial charge >= 0.3 is 5.97 Å². The molecule has 0 saturated carbocycles. The molecule has 188 valence electrons.